The Morgan fingerprint density at radius 1 is 1.13 bits per heavy atom. The summed E-state index contributed by atoms with van der Waals surface area (Å²) in [5.74, 6) is 0.662. The number of benzene rings is 1. The summed E-state index contributed by atoms with van der Waals surface area (Å²) >= 11 is 4.45. The third-order valence-corrected chi connectivity index (χ3v) is 6.12. The summed E-state index contributed by atoms with van der Waals surface area (Å²) in [6.07, 6.45) is 3.70. The van der Waals surface area contributed by atoms with Crippen molar-refractivity contribution in [2.24, 2.45) is 10.7 Å². The number of anilines is 2. The minimum atomic E-state index is -0.524. The maximum Gasteiger partial charge on any atom is 0.245 e. The quantitative estimate of drug-likeness (QED) is 0.236. The number of hydrogen-bond acceptors (Lipinski definition) is 7. The van der Waals surface area contributed by atoms with Crippen LogP contribution in [0.25, 0.3) is 0 Å². The van der Waals surface area contributed by atoms with E-state index in [-0.39, 0.29) is 0 Å². The van der Waals surface area contributed by atoms with E-state index in [1.165, 1.54) is 24.6 Å². The first-order chi connectivity index (χ1) is 14.4. The van der Waals surface area contributed by atoms with Crippen LogP contribution in [-0.4, -0.2) is 73.3 Å². The Morgan fingerprint density at radius 2 is 1.77 bits per heavy atom. The smallest absolute Gasteiger partial charge is 0.245 e. The zero-order valence-electron chi connectivity index (χ0n) is 17.8. The van der Waals surface area contributed by atoms with Crippen molar-refractivity contribution in [3.63, 3.8) is 0 Å². The predicted molar refractivity (Wildman–Crippen MR) is 127 cm³/mol. The minimum Gasteiger partial charge on any atom is -0.371 e. The van der Waals surface area contributed by atoms with Gasteiger partial charge in [-0.2, -0.15) is 0 Å². The first kappa shape index (κ1) is 22.5. The van der Waals surface area contributed by atoms with Crippen LogP contribution in [0.4, 0.5) is 11.4 Å². The molecule has 2 saturated heterocycles. The number of rotatable bonds is 6. The molecule has 164 valence electrons. The number of piperidine rings is 1. The Kier molecular flexibility index (Phi) is 8.01. The number of nitrogens with one attached hydrogen (secondary N) is 2. The molecule has 0 saturated carbocycles. The van der Waals surface area contributed by atoms with Gasteiger partial charge in [0.05, 0.1) is 5.84 Å². The molecule has 2 fully saturated rings. The Morgan fingerprint density at radius 3 is 2.33 bits per heavy atom. The molecule has 0 radical (unpaired) electrons. The highest BCUT2D eigenvalue weighted by atomic mass is 32.1. The molecule has 0 aromatic heterocycles. The van der Waals surface area contributed by atoms with Crippen LogP contribution in [0, 0.1) is 0 Å². The van der Waals surface area contributed by atoms with Gasteiger partial charge in [-0.05, 0) is 44.0 Å². The summed E-state index contributed by atoms with van der Waals surface area (Å²) in [5.41, 5.74) is 7.40. The highest BCUT2D eigenvalue weighted by molar-refractivity contribution is 7.77. The second-order valence-corrected chi connectivity index (χ2v) is 8.34. The molecule has 0 bridgehead atoms. The number of carbonyl (C=O) groups is 1. The van der Waals surface area contributed by atoms with E-state index in [2.05, 4.69) is 54.7 Å². The molecule has 9 heteroatoms. The average molecular weight is 432 g/mol. The summed E-state index contributed by atoms with van der Waals surface area (Å²) < 4.78 is 2.11. The lowest BCUT2D eigenvalue weighted by atomic mass is 10.0. The van der Waals surface area contributed by atoms with Crippen molar-refractivity contribution in [3.8, 4) is 0 Å². The Bertz CT molecular complexity index is 764. The first-order valence-corrected chi connectivity index (χ1v) is 10.9. The Hall–Kier alpha value is -2.23. The third kappa shape index (κ3) is 6.38. The second kappa shape index (κ2) is 10.7. The predicted octanol–water partition coefficient (Wildman–Crippen LogP) is 1.49. The molecule has 0 spiro atoms. The van der Waals surface area contributed by atoms with Gasteiger partial charge in [0.2, 0.25) is 5.91 Å². The standard InChI is InChI=1S/C21H33N7OS/c1-16(23-2)24-21(15-20(22)29)25-17-3-5-18(6-4-17)26-9-7-19(8-10-26)27-11-13-28(30)14-12-27/h3-6,15,19,25,30H,7-14H2,1-2H3,(H2,22,29)(H,23,24). The zero-order valence-corrected chi connectivity index (χ0v) is 18.7. The van der Waals surface area contributed by atoms with Gasteiger partial charge in [-0.15, -0.1) is 0 Å². The van der Waals surface area contributed by atoms with Crippen LogP contribution in [0.1, 0.15) is 19.8 Å². The molecule has 2 aliphatic rings. The lowest BCUT2D eigenvalue weighted by molar-refractivity contribution is -0.113. The van der Waals surface area contributed by atoms with Crippen LogP contribution in [0.3, 0.4) is 0 Å². The number of piperazine rings is 1. The maximum absolute atomic E-state index is 11.3. The van der Waals surface area contributed by atoms with Crippen LogP contribution < -0.4 is 21.3 Å². The van der Waals surface area contributed by atoms with E-state index >= 15 is 0 Å². The summed E-state index contributed by atoms with van der Waals surface area (Å²) in [4.78, 5) is 20.4. The van der Waals surface area contributed by atoms with Gasteiger partial charge in [-0.3, -0.25) is 19.0 Å². The van der Waals surface area contributed by atoms with Crippen molar-refractivity contribution in [1.82, 2.24) is 14.5 Å². The van der Waals surface area contributed by atoms with Crippen LogP contribution in [0.2, 0.25) is 0 Å². The van der Waals surface area contributed by atoms with Crippen molar-refractivity contribution in [2.45, 2.75) is 25.8 Å². The zero-order chi connectivity index (χ0) is 21.5. The van der Waals surface area contributed by atoms with E-state index in [0.717, 1.165) is 45.0 Å². The highest BCUT2D eigenvalue weighted by Crippen LogP contribution is 2.25. The van der Waals surface area contributed by atoms with Gasteiger partial charge >= 0.3 is 0 Å². The maximum atomic E-state index is 11.3. The van der Waals surface area contributed by atoms with Gasteiger partial charge in [-0.25, -0.2) is 0 Å². The lowest BCUT2D eigenvalue weighted by Crippen LogP contribution is -2.51. The summed E-state index contributed by atoms with van der Waals surface area (Å²) in [6.45, 7) is 8.28. The van der Waals surface area contributed by atoms with Gasteiger partial charge in [0.1, 0.15) is 5.82 Å². The van der Waals surface area contributed by atoms with Crippen molar-refractivity contribution in [2.75, 3.05) is 56.5 Å². The highest BCUT2D eigenvalue weighted by Gasteiger charge is 2.26. The molecular formula is C21H33N7OS. The van der Waals surface area contributed by atoms with Gasteiger partial charge in [0.15, 0.2) is 0 Å². The second-order valence-electron chi connectivity index (χ2n) is 7.77. The van der Waals surface area contributed by atoms with Crippen LogP contribution in [-0.2, 0) is 4.79 Å². The van der Waals surface area contributed by atoms with E-state index in [9.17, 15) is 4.79 Å². The molecule has 2 aliphatic heterocycles. The van der Waals surface area contributed by atoms with Gasteiger partial charge in [0.25, 0.3) is 0 Å². The molecule has 3 rings (SSSR count). The summed E-state index contributed by atoms with van der Waals surface area (Å²) in [7, 11) is 1.68. The normalized spacial score (nSPS) is 20.3. The summed E-state index contributed by atoms with van der Waals surface area (Å²) in [6, 6.07) is 8.95. The molecule has 0 aliphatic carbocycles. The van der Waals surface area contributed by atoms with Crippen molar-refractivity contribution in [1.29, 1.82) is 0 Å². The lowest BCUT2D eigenvalue weighted by Gasteiger charge is -2.42. The van der Waals surface area contributed by atoms with E-state index in [1.54, 1.807) is 7.05 Å². The molecular weight excluding hydrogens is 398 g/mol. The molecule has 0 unspecified atom stereocenters. The van der Waals surface area contributed by atoms with E-state index in [0.29, 0.717) is 17.7 Å². The van der Waals surface area contributed by atoms with E-state index < -0.39 is 5.91 Å². The fraction of sp³-hybridized carbons (Fsp3) is 0.524. The molecule has 4 N–H and O–H groups in total. The molecule has 2 heterocycles. The van der Waals surface area contributed by atoms with Crippen LogP contribution in [0.5, 0.6) is 0 Å². The Balaban J connectivity index is 1.55. The SMILES string of the molecule is CN=C(C)NC(=CC(N)=O)Nc1ccc(N2CCC(N3CCN(S)CC3)CC2)cc1. The number of amidine groups is 1. The largest absolute Gasteiger partial charge is 0.371 e. The fourth-order valence-electron chi connectivity index (χ4n) is 3.97. The van der Waals surface area contributed by atoms with E-state index in [4.69, 9.17) is 5.73 Å². The Labute approximate surface area is 184 Å². The molecule has 1 aromatic rings. The number of amides is 1. The third-order valence-electron chi connectivity index (χ3n) is 5.72. The number of carbonyl (C=O) groups excluding carboxylic acids is 1. The topological polar surface area (TPSA) is 89.2 Å². The molecule has 30 heavy (non-hydrogen) atoms. The minimum absolute atomic E-state index is 0.500. The molecule has 1 aromatic carbocycles. The number of nitrogens with zero attached hydrogens (tertiary/aromatic N) is 4. The first-order valence-electron chi connectivity index (χ1n) is 10.5. The summed E-state index contributed by atoms with van der Waals surface area (Å²) in [5, 5.41) is 6.23. The van der Waals surface area contributed by atoms with Crippen molar-refractivity contribution >= 4 is 35.9 Å². The van der Waals surface area contributed by atoms with Gasteiger partial charge < -0.3 is 21.3 Å². The molecule has 1 amide bonds. The van der Waals surface area contributed by atoms with Crippen molar-refractivity contribution < 1.29 is 4.79 Å². The number of primary amides is 1. The fourth-order valence-corrected chi connectivity index (χ4v) is 4.15. The molecule has 8 nitrogen and oxygen atoms in total. The van der Waals surface area contributed by atoms with Gasteiger partial charge in [-0.1, -0.05) is 12.8 Å². The number of aliphatic imine (C=N–C) groups is 1. The van der Waals surface area contributed by atoms with Crippen molar-refractivity contribution in [3.05, 3.63) is 36.2 Å². The molecule has 0 atom stereocenters. The van der Waals surface area contributed by atoms with Crippen LogP contribution >= 0.6 is 12.8 Å². The monoisotopic (exact) mass is 431 g/mol. The number of hydrogen-bond donors (Lipinski definition) is 4. The van der Waals surface area contributed by atoms with E-state index in [1.807, 2.05) is 19.1 Å². The van der Waals surface area contributed by atoms with Gasteiger partial charge in [0, 0.05) is 69.8 Å². The number of nitrogens with two attached hydrogens (primary N) is 1. The average Bonchev–Trinajstić information content (AvgIpc) is 2.74. The van der Waals surface area contributed by atoms with Crippen LogP contribution in [0.15, 0.2) is 41.2 Å². The number of thiol groups is 1.